The van der Waals surface area contributed by atoms with Crippen LogP contribution in [0.5, 0.6) is 0 Å². The molecule has 1 aromatic carbocycles. The minimum absolute atomic E-state index is 0.327. The highest BCUT2D eigenvalue weighted by atomic mass is 32.2. The van der Waals surface area contributed by atoms with E-state index in [4.69, 9.17) is 0 Å². The van der Waals surface area contributed by atoms with Crippen LogP contribution in [0, 0.1) is 11.6 Å². The summed E-state index contributed by atoms with van der Waals surface area (Å²) >= 11 is 1.57. The second-order valence-electron chi connectivity index (χ2n) is 4.56. The van der Waals surface area contributed by atoms with Gasteiger partial charge in [-0.2, -0.15) is 0 Å². The van der Waals surface area contributed by atoms with E-state index in [0.717, 1.165) is 22.6 Å². The molecule has 0 aliphatic carbocycles. The number of anilines is 1. The molecule has 0 unspecified atom stereocenters. The van der Waals surface area contributed by atoms with Crippen molar-refractivity contribution in [2.75, 3.05) is 17.2 Å². The minimum atomic E-state index is -0.589. The Bertz CT molecular complexity index is 661. The second kappa shape index (κ2) is 6.22. The van der Waals surface area contributed by atoms with Crippen molar-refractivity contribution in [1.82, 2.24) is 4.98 Å². The number of pyridine rings is 1. The predicted octanol–water partition coefficient (Wildman–Crippen LogP) is 3.47. The highest BCUT2D eigenvalue weighted by Gasteiger charge is 2.21. The van der Waals surface area contributed by atoms with Gasteiger partial charge in [0.25, 0.3) is 0 Å². The van der Waals surface area contributed by atoms with Crippen LogP contribution < -0.4 is 4.90 Å². The molecule has 1 aliphatic heterocycles. The van der Waals surface area contributed by atoms with E-state index >= 15 is 0 Å². The SMILES string of the molecule is Fc1ccc(N(Cc2cccnc2)C2=NCCS2)c(F)c1. The zero-order chi connectivity index (χ0) is 14.7. The highest BCUT2D eigenvalue weighted by molar-refractivity contribution is 8.14. The zero-order valence-corrected chi connectivity index (χ0v) is 12.0. The van der Waals surface area contributed by atoms with Crippen LogP contribution in [0.1, 0.15) is 5.56 Å². The first-order valence-corrected chi connectivity index (χ1v) is 7.51. The van der Waals surface area contributed by atoms with Crippen LogP contribution >= 0.6 is 11.8 Å². The third-order valence-corrected chi connectivity index (χ3v) is 4.06. The molecule has 0 saturated carbocycles. The quantitative estimate of drug-likeness (QED) is 0.869. The van der Waals surface area contributed by atoms with Crippen molar-refractivity contribution in [2.45, 2.75) is 6.54 Å². The molecule has 0 radical (unpaired) electrons. The third kappa shape index (κ3) is 3.21. The number of amidine groups is 1. The van der Waals surface area contributed by atoms with E-state index in [1.807, 2.05) is 12.1 Å². The molecule has 3 rings (SSSR count). The van der Waals surface area contributed by atoms with Gasteiger partial charge in [-0.25, -0.2) is 8.78 Å². The molecule has 0 spiro atoms. The van der Waals surface area contributed by atoms with Gasteiger partial charge in [0.05, 0.1) is 18.8 Å². The van der Waals surface area contributed by atoms with Gasteiger partial charge in [0.15, 0.2) is 5.17 Å². The van der Waals surface area contributed by atoms with Gasteiger partial charge in [0.2, 0.25) is 0 Å². The van der Waals surface area contributed by atoms with Crippen molar-refractivity contribution in [2.24, 2.45) is 4.99 Å². The molecule has 0 bridgehead atoms. The van der Waals surface area contributed by atoms with Crippen LogP contribution in [-0.2, 0) is 6.54 Å². The molecule has 21 heavy (non-hydrogen) atoms. The van der Waals surface area contributed by atoms with Crippen LogP contribution in [0.15, 0.2) is 47.7 Å². The summed E-state index contributed by atoms with van der Waals surface area (Å²) in [7, 11) is 0. The second-order valence-corrected chi connectivity index (χ2v) is 5.62. The maximum absolute atomic E-state index is 14.1. The molecule has 6 heteroatoms. The molecule has 2 heterocycles. The van der Waals surface area contributed by atoms with Gasteiger partial charge in [-0.05, 0) is 23.8 Å². The molecule has 1 aliphatic rings. The zero-order valence-electron chi connectivity index (χ0n) is 11.2. The number of thioether (sulfide) groups is 1. The lowest BCUT2D eigenvalue weighted by Crippen LogP contribution is -2.28. The predicted molar refractivity (Wildman–Crippen MR) is 81.5 cm³/mol. The van der Waals surface area contributed by atoms with Gasteiger partial charge in [-0.15, -0.1) is 0 Å². The fraction of sp³-hybridized carbons (Fsp3) is 0.200. The van der Waals surface area contributed by atoms with Crippen LogP contribution in [0.3, 0.4) is 0 Å². The summed E-state index contributed by atoms with van der Waals surface area (Å²) in [6.07, 6.45) is 3.42. The van der Waals surface area contributed by atoms with Gasteiger partial charge < -0.3 is 4.90 Å². The molecule has 0 saturated heterocycles. The van der Waals surface area contributed by atoms with Crippen LogP contribution in [-0.4, -0.2) is 22.4 Å². The lowest BCUT2D eigenvalue weighted by molar-refractivity contribution is 0.582. The average Bonchev–Trinajstić information content (AvgIpc) is 3.00. The van der Waals surface area contributed by atoms with Gasteiger partial charge in [0, 0.05) is 24.2 Å². The van der Waals surface area contributed by atoms with E-state index in [1.54, 1.807) is 29.1 Å². The number of aromatic nitrogens is 1. The average molecular weight is 305 g/mol. The first kappa shape index (κ1) is 14.0. The number of hydrogen-bond acceptors (Lipinski definition) is 4. The summed E-state index contributed by atoms with van der Waals surface area (Å²) in [5.74, 6) is -0.297. The summed E-state index contributed by atoms with van der Waals surface area (Å²) in [6, 6.07) is 7.35. The molecule has 0 N–H and O–H groups in total. The summed E-state index contributed by atoms with van der Waals surface area (Å²) in [6.45, 7) is 1.16. The van der Waals surface area contributed by atoms with E-state index in [-0.39, 0.29) is 0 Å². The van der Waals surface area contributed by atoms with Gasteiger partial charge in [-0.3, -0.25) is 9.98 Å². The Morgan fingerprint density at radius 3 is 2.81 bits per heavy atom. The van der Waals surface area contributed by atoms with E-state index in [9.17, 15) is 8.78 Å². The smallest absolute Gasteiger partial charge is 0.164 e. The van der Waals surface area contributed by atoms with E-state index < -0.39 is 11.6 Å². The van der Waals surface area contributed by atoms with E-state index in [0.29, 0.717) is 18.8 Å². The Hall–Kier alpha value is -1.95. The largest absolute Gasteiger partial charge is 0.314 e. The molecule has 0 amide bonds. The molecule has 1 aromatic heterocycles. The lowest BCUT2D eigenvalue weighted by Gasteiger charge is -2.24. The number of halogens is 2. The minimum Gasteiger partial charge on any atom is -0.314 e. The molecule has 0 fully saturated rings. The molecule has 2 aromatic rings. The maximum atomic E-state index is 14.1. The number of rotatable bonds is 3. The van der Waals surface area contributed by atoms with E-state index in [1.165, 1.54) is 12.1 Å². The number of nitrogens with zero attached hydrogens (tertiary/aromatic N) is 3. The molecular formula is C15H13F2N3S. The molecular weight excluding hydrogens is 292 g/mol. The summed E-state index contributed by atoms with van der Waals surface area (Å²) in [4.78, 5) is 10.2. The molecule has 0 atom stereocenters. The number of aliphatic imine (C=N–C) groups is 1. The number of hydrogen-bond donors (Lipinski definition) is 0. The normalized spacial score (nSPS) is 14.1. The number of benzene rings is 1. The van der Waals surface area contributed by atoms with Crippen LogP contribution in [0.2, 0.25) is 0 Å². The van der Waals surface area contributed by atoms with Crippen molar-refractivity contribution in [3.8, 4) is 0 Å². The van der Waals surface area contributed by atoms with Crippen molar-refractivity contribution in [3.63, 3.8) is 0 Å². The Labute approximate surface area is 125 Å². The maximum Gasteiger partial charge on any atom is 0.164 e. The van der Waals surface area contributed by atoms with Crippen molar-refractivity contribution in [1.29, 1.82) is 0 Å². The Morgan fingerprint density at radius 1 is 1.24 bits per heavy atom. The van der Waals surface area contributed by atoms with Crippen LogP contribution in [0.4, 0.5) is 14.5 Å². The van der Waals surface area contributed by atoms with Gasteiger partial charge >= 0.3 is 0 Å². The standard InChI is InChI=1S/C15H13F2N3S/c16-12-3-4-14(13(17)8-12)20(15-19-6-7-21-15)10-11-2-1-5-18-9-11/h1-5,8-9H,6-7,10H2. The fourth-order valence-electron chi connectivity index (χ4n) is 2.12. The third-order valence-electron chi connectivity index (χ3n) is 3.06. The van der Waals surface area contributed by atoms with E-state index in [2.05, 4.69) is 9.98 Å². The first-order chi connectivity index (χ1) is 10.2. The topological polar surface area (TPSA) is 28.5 Å². The van der Waals surface area contributed by atoms with Crippen molar-refractivity contribution >= 4 is 22.6 Å². The molecule has 3 nitrogen and oxygen atoms in total. The fourth-order valence-corrected chi connectivity index (χ4v) is 2.98. The van der Waals surface area contributed by atoms with Crippen LogP contribution in [0.25, 0.3) is 0 Å². The van der Waals surface area contributed by atoms with Crippen molar-refractivity contribution in [3.05, 3.63) is 59.9 Å². The Morgan fingerprint density at radius 2 is 2.14 bits per heavy atom. The summed E-state index contributed by atoms with van der Waals surface area (Å²) < 4.78 is 27.2. The first-order valence-electron chi connectivity index (χ1n) is 6.53. The summed E-state index contributed by atoms with van der Waals surface area (Å²) in [5, 5.41) is 0.754. The Balaban J connectivity index is 1.96. The molecule has 108 valence electrons. The summed E-state index contributed by atoms with van der Waals surface area (Å²) in [5.41, 5.74) is 1.27. The van der Waals surface area contributed by atoms with Gasteiger partial charge in [0.1, 0.15) is 11.6 Å². The van der Waals surface area contributed by atoms with Crippen molar-refractivity contribution < 1.29 is 8.78 Å². The highest BCUT2D eigenvalue weighted by Crippen LogP contribution is 2.27. The Kier molecular flexibility index (Phi) is 4.15. The monoisotopic (exact) mass is 305 g/mol. The van der Waals surface area contributed by atoms with Gasteiger partial charge in [-0.1, -0.05) is 17.8 Å². The lowest BCUT2D eigenvalue weighted by atomic mass is 10.2.